The standard InChI is InChI=1S/C11H12F3NO/c1-16-11-9(13)6(5-7(12)10(11)14)8-3-2-4-15-8/h5,8,15H,2-4H2,1H3/t8-/m0/s1. The van der Waals surface area contributed by atoms with Gasteiger partial charge in [-0.1, -0.05) is 0 Å². The van der Waals surface area contributed by atoms with Crippen LogP contribution in [0.25, 0.3) is 0 Å². The lowest BCUT2D eigenvalue weighted by molar-refractivity contribution is 0.341. The first-order chi connectivity index (χ1) is 7.65. The Bertz CT molecular complexity index is 403. The molecule has 1 fully saturated rings. The first-order valence-electron chi connectivity index (χ1n) is 5.10. The van der Waals surface area contributed by atoms with Crippen molar-refractivity contribution in [1.29, 1.82) is 0 Å². The van der Waals surface area contributed by atoms with Gasteiger partial charge in [-0.3, -0.25) is 0 Å². The summed E-state index contributed by atoms with van der Waals surface area (Å²) >= 11 is 0. The molecule has 88 valence electrons. The molecule has 1 aliphatic rings. The van der Waals surface area contributed by atoms with Crippen molar-refractivity contribution in [2.75, 3.05) is 13.7 Å². The Morgan fingerprint density at radius 3 is 2.62 bits per heavy atom. The monoisotopic (exact) mass is 231 g/mol. The van der Waals surface area contributed by atoms with Crippen molar-refractivity contribution >= 4 is 0 Å². The maximum Gasteiger partial charge on any atom is 0.203 e. The van der Waals surface area contributed by atoms with Gasteiger partial charge in [0.2, 0.25) is 5.82 Å². The van der Waals surface area contributed by atoms with E-state index in [-0.39, 0.29) is 11.6 Å². The lowest BCUT2D eigenvalue weighted by Gasteiger charge is -2.14. The molecule has 0 spiro atoms. The Morgan fingerprint density at radius 2 is 2.06 bits per heavy atom. The average molecular weight is 231 g/mol. The second kappa shape index (κ2) is 4.33. The zero-order chi connectivity index (χ0) is 11.7. The zero-order valence-corrected chi connectivity index (χ0v) is 8.82. The number of hydrogen-bond acceptors (Lipinski definition) is 2. The molecule has 1 N–H and O–H groups in total. The number of hydrogen-bond donors (Lipinski definition) is 1. The van der Waals surface area contributed by atoms with Gasteiger partial charge in [-0.05, 0) is 25.5 Å². The van der Waals surface area contributed by atoms with Gasteiger partial charge >= 0.3 is 0 Å². The van der Waals surface area contributed by atoms with Gasteiger partial charge in [0, 0.05) is 11.6 Å². The quantitative estimate of drug-likeness (QED) is 0.790. The van der Waals surface area contributed by atoms with Crippen LogP contribution in [0.15, 0.2) is 6.07 Å². The molecule has 1 saturated heterocycles. The number of rotatable bonds is 2. The van der Waals surface area contributed by atoms with E-state index in [9.17, 15) is 13.2 Å². The fourth-order valence-electron chi connectivity index (χ4n) is 1.98. The highest BCUT2D eigenvalue weighted by Gasteiger charge is 2.26. The molecule has 0 unspecified atom stereocenters. The molecule has 1 atom stereocenters. The molecule has 0 bridgehead atoms. The minimum atomic E-state index is -1.28. The van der Waals surface area contributed by atoms with Gasteiger partial charge in [-0.25, -0.2) is 8.78 Å². The molecular formula is C11H12F3NO. The Balaban J connectivity index is 2.49. The van der Waals surface area contributed by atoms with Crippen LogP contribution in [-0.4, -0.2) is 13.7 Å². The van der Waals surface area contributed by atoms with Crippen molar-refractivity contribution in [1.82, 2.24) is 5.32 Å². The summed E-state index contributed by atoms with van der Waals surface area (Å²) in [5.41, 5.74) is 0.133. The van der Waals surface area contributed by atoms with Crippen LogP contribution in [-0.2, 0) is 0 Å². The van der Waals surface area contributed by atoms with Gasteiger partial charge < -0.3 is 10.1 Å². The predicted molar refractivity (Wildman–Crippen MR) is 52.8 cm³/mol. The smallest absolute Gasteiger partial charge is 0.203 e. The van der Waals surface area contributed by atoms with Crippen LogP contribution >= 0.6 is 0 Å². The van der Waals surface area contributed by atoms with Gasteiger partial charge in [0.25, 0.3) is 0 Å². The van der Waals surface area contributed by atoms with Gasteiger partial charge in [-0.15, -0.1) is 0 Å². The van der Waals surface area contributed by atoms with Crippen LogP contribution in [0.4, 0.5) is 13.2 Å². The number of nitrogens with one attached hydrogen (secondary N) is 1. The van der Waals surface area contributed by atoms with Crippen LogP contribution in [0.1, 0.15) is 24.4 Å². The van der Waals surface area contributed by atoms with E-state index < -0.39 is 23.2 Å². The van der Waals surface area contributed by atoms with Gasteiger partial charge in [0.1, 0.15) is 0 Å². The second-order valence-corrected chi connectivity index (χ2v) is 3.76. The molecule has 0 saturated carbocycles. The largest absolute Gasteiger partial charge is 0.491 e. The van der Waals surface area contributed by atoms with Crippen molar-refractivity contribution in [3.63, 3.8) is 0 Å². The normalized spacial score (nSPS) is 20.1. The molecule has 16 heavy (non-hydrogen) atoms. The fraction of sp³-hybridized carbons (Fsp3) is 0.455. The van der Waals surface area contributed by atoms with E-state index in [0.717, 1.165) is 26.1 Å². The number of halogens is 3. The number of ether oxygens (including phenoxy) is 1. The lowest BCUT2D eigenvalue weighted by Crippen LogP contribution is -2.15. The van der Waals surface area contributed by atoms with Crippen molar-refractivity contribution < 1.29 is 17.9 Å². The summed E-state index contributed by atoms with van der Waals surface area (Å²) < 4.78 is 44.7. The van der Waals surface area contributed by atoms with Gasteiger partial charge in [0.05, 0.1) is 7.11 Å². The molecule has 1 heterocycles. The van der Waals surface area contributed by atoms with E-state index >= 15 is 0 Å². The highest BCUT2D eigenvalue weighted by molar-refractivity contribution is 5.35. The van der Waals surface area contributed by atoms with Crippen molar-refractivity contribution in [2.45, 2.75) is 18.9 Å². The van der Waals surface area contributed by atoms with E-state index in [2.05, 4.69) is 10.1 Å². The summed E-state index contributed by atoms with van der Waals surface area (Å²) in [6, 6.07) is 0.639. The molecule has 2 nitrogen and oxygen atoms in total. The summed E-state index contributed by atoms with van der Waals surface area (Å²) in [7, 11) is 1.12. The minimum Gasteiger partial charge on any atom is -0.491 e. The Labute approximate surface area is 91.4 Å². The van der Waals surface area contributed by atoms with Crippen LogP contribution in [0.2, 0.25) is 0 Å². The lowest BCUT2D eigenvalue weighted by atomic mass is 10.0. The summed E-state index contributed by atoms with van der Waals surface area (Å²) in [5, 5.41) is 3.03. The predicted octanol–water partition coefficient (Wildman–Crippen LogP) is 2.54. The molecule has 0 radical (unpaired) electrons. The van der Waals surface area contributed by atoms with Gasteiger partial charge in [0.15, 0.2) is 17.4 Å². The maximum absolute atomic E-state index is 13.8. The Kier molecular flexibility index (Phi) is 3.05. The summed E-state index contributed by atoms with van der Waals surface area (Å²) in [5.74, 6) is -3.83. The van der Waals surface area contributed by atoms with E-state index in [1.165, 1.54) is 0 Å². The molecule has 5 heteroatoms. The SMILES string of the molecule is COc1c(F)c(F)cc([C@@H]2CCCN2)c1F. The van der Waals surface area contributed by atoms with Crippen LogP contribution in [0.5, 0.6) is 5.75 Å². The maximum atomic E-state index is 13.8. The summed E-state index contributed by atoms with van der Waals surface area (Å²) in [6.07, 6.45) is 1.61. The first kappa shape index (κ1) is 11.3. The molecule has 0 aliphatic carbocycles. The van der Waals surface area contributed by atoms with E-state index in [4.69, 9.17) is 0 Å². The Hall–Kier alpha value is -1.23. The molecule has 1 aromatic carbocycles. The highest BCUT2D eigenvalue weighted by Crippen LogP contribution is 2.33. The highest BCUT2D eigenvalue weighted by atomic mass is 19.2. The third-order valence-corrected chi connectivity index (χ3v) is 2.78. The minimum absolute atomic E-state index is 0.133. The number of benzene rings is 1. The molecule has 0 amide bonds. The first-order valence-corrected chi connectivity index (χ1v) is 5.10. The van der Waals surface area contributed by atoms with E-state index in [1.54, 1.807) is 0 Å². The van der Waals surface area contributed by atoms with Gasteiger partial charge in [-0.2, -0.15) is 4.39 Å². The molecule has 0 aromatic heterocycles. The molecule has 1 aliphatic heterocycles. The van der Waals surface area contributed by atoms with E-state index in [1.807, 2.05) is 0 Å². The topological polar surface area (TPSA) is 21.3 Å². The third-order valence-electron chi connectivity index (χ3n) is 2.78. The molecular weight excluding hydrogens is 219 g/mol. The van der Waals surface area contributed by atoms with Crippen molar-refractivity contribution in [3.8, 4) is 5.75 Å². The average Bonchev–Trinajstić information content (AvgIpc) is 2.77. The Morgan fingerprint density at radius 1 is 1.31 bits per heavy atom. The van der Waals surface area contributed by atoms with Crippen LogP contribution < -0.4 is 10.1 Å². The van der Waals surface area contributed by atoms with Crippen molar-refractivity contribution in [3.05, 3.63) is 29.1 Å². The fourth-order valence-corrected chi connectivity index (χ4v) is 1.98. The molecule has 2 rings (SSSR count). The van der Waals surface area contributed by atoms with Crippen LogP contribution in [0.3, 0.4) is 0 Å². The van der Waals surface area contributed by atoms with E-state index in [0.29, 0.717) is 6.42 Å². The number of methoxy groups -OCH3 is 1. The summed E-state index contributed by atoms with van der Waals surface area (Å²) in [6.45, 7) is 0.755. The second-order valence-electron chi connectivity index (χ2n) is 3.76. The molecule has 1 aromatic rings. The van der Waals surface area contributed by atoms with Crippen LogP contribution in [0, 0.1) is 17.5 Å². The summed E-state index contributed by atoms with van der Waals surface area (Å²) in [4.78, 5) is 0. The van der Waals surface area contributed by atoms with Crippen molar-refractivity contribution in [2.24, 2.45) is 0 Å². The zero-order valence-electron chi connectivity index (χ0n) is 8.82. The third kappa shape index (κ3) is 1.75.